The van der Waals surface area contributed by atoms with E-state index >= 15 is 0 Å². The standard InChI is InChI=1S/C16H27N3O2/c1-6-13(7-2)19(8-9-21-5)16(20)14-11-18-12(3)10-15(14)17-4/h10-11,13H,6-9H2,1-5H3,(H,17,18). The summed E-state index contributed by atoms with van der Waals surface area (Å²) in [7, 11) is 3.48. The molecular formula is C16H27N3O2. The number of amides is 1. The van der Waals surface area contributed by atoms with Crippen LogP contribution in [0.5, 0.6) is 0 Å². The summed E-state index contributed by atoms with van der Waals surface area (Å²) in [5.74, 6) is 0.0117. The third-order valence-electron chi connectivity index (χ3n) is 3.72. The van der Waals surface area contributed by atoms with E-state index in [1.54, 1.807) is 13.3 Å². The van der Waals surface area contributed by atoms with Gasteiger partial charge in [-0.15, -0.1) is 0 Å². The first-order valence-electron chi connectivity index (χ1n) is 7.53. The average Bonchev–Trinajstić information content (AvgIpc) is 2.50. The van der Waals surface area contributed by atoms with Crippen LogP contribution in [0.2, 0.25) is 0 Å². The molecule has 1 aromatic rings. The van der Waals surface area contributed by atoms with Crippen LogP contribution in [0.25, 0.3) is 0 Å². The van der Waals surface area contributed by atoms with Gasteiger partial charge in [-0.1, -0.05) is 13.8 Å². The molecule has 1 rings (SSSR count). The summed E-state index contributed by atoms with van der Waals surface area (Å²) in [6, 6.07) is 2.12. The van der Waals surface area contributed by atoms with Crippen molar-refractivity contribution < 1.29 is 9.53 Å². The molecule has 21 heavy (non-hydrogen) atoms. The number of pyridine rings is 1. The maximum Gasteiger partial charge on any atom is 0.257 e. The van der Waals surface area contributed by atoms with Crippen LogP contribution in [0.15, 0.2) is 12.3 Å². The van der Waals surface area contributed by atoms with Gasteiger partial charge in [0.25, 0.3) is 5.91 Å². The molecule has 5 heteroatoms. The summed E-state index contributed by atoms with van der Waals surface area (Å²) in [4.78, 5) is 19.1. The number of hydrogen-bond donors (Lipinski definition) is 1. The second-order valence-corrected chi connectivity index (χ2v) is 5.08. The predicted molar refractivity (Wildman–Crippen MR) is 85.8 cm³/mol. The van der Waals surface area contributed by atoms with Crippen molar-refractivity contribution in [3.05, 3.63) is 23.5 Å². The predicted octanol–water partition coefficient (Wildman–Crippen LogP) is 2.71. The lowest BCUT2D eigenvalue weighted by Crippen LogP contribution is -2.42. The molecule has 0 aliphatic heterocycles. The third kappa shape index (κ3) is 4.43. The van der Waals surface area contributed by atoms with E-state index in [2.05, 4.69) is 24.1 Å². The van der Waals surface area contributed by atoms with Crippen molar-refractivity contribution in [2.45, 2.75) is 39.7 Å². The van der Waals surface area contributed by atoms with E-state index in [1.165, 1.54) is 0 Å². The molecule has 1 amide bonds. The number of aryl methyl sites for hydroxylation is 1. The lowest BCUT2D eigenvalue weighted by molar-refractivity contribution is 0.0590. The Morgan fingerprint density at radius 2 is 2.10 bits per heavy atom. The molecule has 1 heterocycles. The molecule has 0 radical (unpaired) electrons. The van der Waals surface area contributed by atoms with Gasteiger partial charge in [0.15, 0.2) is 0 Å². The van der Waals surface area contributed by atoms with E-state index in [0.29, 0.717) is 18.7 Å². The lowest BCUT2D eigenvalue weighted by atomic mass is 10.1. The summed E-state index contributed by atoms with van der Waals surface area (Å²) in [5, 5.41) is 3.08. The number of carbonyl (C=O) groups excluding carboxylic acids is 1. The molecule has 0 atom stereocenters. The van der Waals surface area contributed by atoms with Crippen molar-refractivity contribution in [2.24, 2.45) is 0 Å². The zero-order chi connectivity index (χ0) is 15.8. The summed E-state index contributed by atoms with van der Waals surface area (Å²) in [6.07, 6.45) is 3.52. The Kier molecular flexibility index (Phi) is 7.15. The summed E-state index contributed by atoms with van der Waals surface area (Å²) >= 11 is 0. The second-order valence-electron chi connectivity index (χ2n) is 5.08. The zero-order valence-corrected chi connectivity index (χ0v) is 13.8. The van der Waals surface area contributed by atoms with E-state index in [9.17, 15) is 4.79 Å². The summed E-state index contributed by atoms with van der Waals surface area (Å²) < 4.78 is 5.15. The van der Waals surface area contributed by atoms with Crippen LogP contribution in [-0.4, -0.2) is 49.1 Å². The molecule has 0 aromatic carbocycles. The molecule has 0 bridgehead atoms. The fourth-order valence-corrected chi connectivity index (χ4v) is 2.46. The number of ether oxygens (including phenoxy) is 1. The summed E-state index contributed by atoms with van der Waals surface area (Å²) in [6.45, 7) is 7.26. The largest absolute Gasteiger partial charge is 0.387 e. The molecule has 0 spiro atoms. The molecule has 0 saturated carbocycles. The highest BCUT2D eigenvalue weighted by Gasteiger charge is 2.24. The first-order chi connectivity index (χ1) is 10.1. The highest BCUT2D eigenvalue weighted by molar-refractivity contribution is 5.99. The van der Waals surface area contributed by atoms with Crippen LogP contribution < -0.4 is 5.32 Å². The van der Waals surface area contributed by atoms with Crippen molar-refractivity contribution in [1.29, 1.82) is 0 Å². The van der Waals surface area contributed by atoms with Crippen LogP contribution in [0.3, 0.4) is 0 Å². The molecule has 0 fully saturated rings. The number of nitrogens with zero attached hydrogens (tertiary/aromatic N) is 2. The SMILES string of the molecule is CCC(CC)N(CCOC)C(=O)c1cnc(C)cc1NC. The van der Waals surface area contributed by atoms with Crippen molar-refractivity contribution in [3.8, 4) is 0 Å². The van der Waals surface area contributed by atoms with E-state index in [4.69, 9.17) is 4.74 Å². The highest BCUT2D eigenvalue weighted by Crippen LogP contribution is 2.20. The quantitative estimate of drug-likeness (QED) is 0.800. The first kappa shape index (κ1) is 17.4. The Morgan fingerprint density at radius 3 is 2.62 bits per heavy atom. The molecule has 1 aromatic heterocycles. The van der Waals surface area contributed by atoms with Gasteiger partial charge in [-0.2, -0.15) is 0 Å². The Labute approximate surface area is 127 Å². The number of rotatable bonds is 8. The van der Waals surface area contributed by atoms with Gasteiger partial charge in [0.1, 0.15) is 0 Å². The van der Waals surface area contributed by atoms with E-state index < -0.39 is 0 Å². The Balaban J connectivity index is 3.09. The Morgan fingerprint density at radius 1 is 1.43 bits per heavy atom. The van der Waals surface area contributed by atoms with Gasteiger partial charge in [-0.05, 0) is 25.8 Å². The zero-order valence-electron chi connectivity index (χ0n) is 13.8. The molecular weight excluding hydrogens is 266 g/mol. The van der Waals surface area contributed by atoms with Crippen LogP contribution in [0, 0.1) is 6.92 Å². The number of nitrogens with one attached hydrogen (secondary N) is 1. The van der Waals surface area contributed by atoms with E-state index in [0.717, 1.165) is 24.2 Å². The highest BCUT2D eigenvalue weighted by atomic mass is 16.5. The monoisotopic (exact) mass is 293 g/mol. The number of methoxy groups -OCH3 is 1. The number of carbonyl (C=O) groups is 1. The van der Waals surface area contributed by atoms with Crippen LogP contribution in [-0.2, 0) is 4.74 Å². The van der Waals surface area contributed by atoms with Gasteiger partial charge in [-0.25, -0.2) is 0 Å². The minimum absolute atomic E-state index is 0.0117. The molecule has 0 aliphatic rings. The van der Waals surface area contributed by atoms with Crippen LogP contribution >= 0.6 is 0 Å². The average molecular weight is 293 g/mol. The topological polar surface area (TPSA) is 54.5 Å². The van der Waals surface area contributed by atoms with Crippen LogP contribution in [0.1, 0.15) is 42.7 Å². The minimum atomic E-state index is 0.0117. The molecule has 1 N–H and O–H groups in total. The third-order valence-corrected chi connectivity index (χ3v) is 3.72. The Bertz CT molecular complexity index is 459. The van der Waals surface area contributed by atoms with E-state index in [-0.39, 0.29) is 11.9 Å². The van der Waals surface area contributed by atoms with Gasteiger partial charge >= 0.3 is 0 Å². The van der Waals surface area contributed by atoms with Crippen molar-refractivity contribution in [1.82, 2.24) is 9.88 Å². The number of hydrogen-bond acceptors (Lipinski definition) is 4. The molecule has 5 nitrogen and oxygen atoms in total. The van der Waals surface area contributed by atoms with Gasteiger partial charge in [-0.3, -0.25) is 9.78 Å². The van der Waals surface area contributed by atoms with Crippen molar-refractivity contribution >= 4 is 11.6 Å². The van der Waals surface area contributed by atoms with E-state index in [1.807, 2.05) is 24.9 Å². The Hall–Kier alpha value is -1.62. The molecule has 0 unspecified atom stereocenters. The first-order valence-corrected chi connectivity index (χ1v) is 7.53. The number of anilines is 1. The second kappa shape index (κ2) is 8.62. The van der Waals surface area contributed by atoms with Crippen molar-refractivity contribution in [2.75, 3.05) is 32.6 Å². The van der Waals surface area contributed by atoms with Gasteiger partial charge in [0, 0.05) is 38.6 Å². The molecule has 118 valence electrons. The van der Waals surface area contributed by atoms with Gasteiger partial charge in [0.2, 0.25) is 0 Å². The minimum Gasteiger partial charge on any atom is -0.387 e. The maximum absolute atomic E-state index is 12.9. The smallest absolute Gasteiger partial charge is 0.257 e. The summed E-state index contributed by atoms with van der Waals surface area (Å²) in [5.41, 5.74) is 2.33. The molecule has 0 aliphatic carbocycles. The van der Waals surface area contributed by atoms with Gasteiger partial charge in [0.05, 0.1) is 17.9 Å². The normalized spacial score (nSPS) is 10.8. The fourth-order valence-electron chi connectivity index (χ4n) is 2.46. The van der Waals surface area contributed by atoms with Crippen LogP contribution in [0.4, 0.5) is 5.69 Å². The number of aromatic nitrogens is 1. The molecule has 0 saturated heterocycles. The lowest BCUT2D eigenvalue weighted by Gasteiger charge is -2.31. The van der Waals surface area contributed by atoms with Crippen molar-refractivity contribution in [3.63, 3.8) is 0 Å². The maximum atomic E-state index is 12.9. The fraction of sp³-hybridized carbons (Fsp3) is 0.625. The van der Waals surface area contributed by atoms with Gasteiger partial charge < -0.3 is 15.0 Å².